The fraction of sp³-hybridized carbons (Fsp3) is 0.769. The Hall–Kier alpha value is -1.39. The van der Waals surface area contributed by atoms with Gasteiger partial charge < -0.3 is 9.42 Å². The van der Waals surface area contributed by atoms with Crippen molar-refractivity contribution >= 4 is 5.91 Å². The van der Waals surface area contributed by atoms with E-state index in [2.05, 4.69) is 10.1 Å². The summed E-state index contributed by atoms with van der Waals surface area (Å²) >= 11 is 0. The molecule has 1 saturated heterocycles. The lowest BCUT2D eigenvalue weighted by Gasteiger charge is -2.39. The average molecular weight is 249 g/mol. The van der Waals surface area contributed by atoms with E-state index in [1.807, 2.05) is 11.8 Å². The first-order valence-electron chi connectivity index (χ1n) is 6.83. The van der Waals surface area contributed by atoms with Crippen LogP contribution < -0.4 is 0 Å². The van der Waals surface area contributed by atoms with Crippen molar-refractivity contribution in [2.75, 3.05) is 13.1 Å². The Labute approximate surface area is 107 Å². The quantitative estimate of drug-likeness (QED) is 0.803. The molecule has 0 bridgehead atoms. The number of amides is 1. The van der Waals surface area contributed by atoms with Crippen molar-refractivity contribution in [1.82, 2.24) is 15.0 Å². The van der Waals surface area contributed by atoms with Crippen molar-refractivity contribution in [3.8, 4) is 0 Å². The van der Waals surface area contributed by atoms with Gasteiger partial charge in [-0.05, 0) is 19.8 Å². The molecule has 1 aliphatic carbocycles. The first-order chi connectivity index (χ1) is 8.74. The molecule has 18 heavy (non-hydrogen) atoms. The lowest BCUT2D eigenvalue weighted by atomic mass is 9.86. The first kappa shape index (κ1) is 11.7. The predicted octanol–water partition coefficient (Wildman–Crippen LogP) is 1.88. The van der Waals surface area contributed by atoms with E-state index in [1.165, 1.54) is 19.3 Å². The highest BCUT2D eigenvalue weighted by atomic mass is 16.5. The normalized spacial score (nSPS) is 21.9. The molecule has 2 heterocycles. The molecule has 5 heteroatoms. The number of likely N-dealkylation sites (tertiary alicyclic amines) is 1. The van der Waals surface area contributed by atoms with Gasteiger partial charge in [-0.15, -0.1) is 0 Å². The summed E-state index contributed by atoms with van der Waals surface area (Å²) in [6.45, 7) is 3.31. The number of hydrogen-bond acceptors (Lipinski definition) is 4. The molecule has 0 spiro atoms. The van der Waals surface area contributed by atoms with Crippen molar-refractivity contribution < 1.29 is 9.32 Å². The van der Waals surface area contributed by atoms with Gasteiger partial charge in [0.15, 0.2) is 5.82 Å². The van der Waals surface area contributed by atoms with Crippen LogP contribution in [0, 0.1) is 12.8 Å². The van der Waals surface area contributed by atoms with Crippen LogP contribution >= 0.6 is 0 Å². The van der Waals surface area contributed by atoms with Crippen molar-refractivity contribution in [2.45, 2.75) is 44.9 Å². The molecule has 1 saturated carbocycles. The summed E-state index contributed by atoms with van der Waals surface area (Å²) in [5.41, 5.74) is 0. The van der Waals surface area contributed by atoms with Crippen LogP contribution in [0.2, 0.25) is 0 Å². The largest absolute Gasteiger partial charge is 0.341 e. The number of carbonyl (C=O) groups is 1. The van der Waals surface area contributed by atoms with E-state index in [4.69, 9.17) is 4.52 Å². The molecule has 1 aromatic heterocycles. The summed E-state index contributed by atoms with van der Waals surface area (Å²) in [7, 11) is 0. The molecular weight excluding hydrogens is 230 g/mol. The maximum absolute atomic E-state index is 12.2. The van der Waals surface area contributed by atoms with E-state index in [0.717, 1.165) is 25.9 Å². The Balaban J connectivity index is 1.53. The summed E-state index contributed by atoms with van der Waals surface area (Å²) < 4.78 is 5.14. The Morgan fingerprint density at radius 3 is 2.61 bits per heavy atom. The zero-order valence-electron chi connectivity index (χ0n) is 10.8. The highest BCUT2D eigenvalue weighted by molar-refractivity contribution is 5.79. The number of hydrogen-bond donors (Lipinski definition) is 0. The van der Waals surface area contributed by atoms with E-state index in [1.54, 1.807) is 0 Å². The predicted molar refractivity (Wildman–Crippen MR) is 64.9 cm³/mol. The van der Waals surface area contributed by atoms with Crippen molar-refractivity contribution in [3.05, 3.63) is 11.7 Å². The molecular formula is C13H19N3O2. The summed E-state index contributed by atoms with van der Waals surface area (Å²) in [6.07, 6.45) is 5.83. The lowest BCUT2D eigenvalue weighted by Crippen LogP contribution is -2.51. The molecule has 0 aromatic carbocycles. The lowest BCUT2D eigenvalue weighted by molar-refractivity contribution is -0.141. The van der Waals surface area contributed by atoms with Gasteiger partial charge in [-0.25, -0.2) is 0 Å². The maximum atomic E-state index is 12.2. The minimum absolute atomic E-state index is 0.249. The van der Waals surface area contributed by atoms with E-state index < -0.39 is 0 Å². The smallest absolute Gasteiger partial charge is 0.233 e. The topological polar surface area (TPSA) is 59.2 Å². The van der Waals surface area contributed by atoms with Crippen molar-refractivity contribution in [3.63, 3.8) is 0 Å². The van der Waals surface area contributed by atoms with Crippen LogP contribution in [-0.4, -0.2) is 34.0 Å². The average Bonchev–Trinajstić information content (AvgIpc) is 2.75. The number of rotatable bonds is 2. The Morgan fingerprint density at radius 2 is 2.00 bits per heavy atom. The van der Waals surface area contributed by atoms with Gasteiger partial charge in [0.25, 0.3) is 0 Å². The van der Waals surface area contributed by atoms with E-state index >= 15 is 0 Å². The van der Waals surface area contributed by atoms with Gasteiger partial charge in [-0.1, -0.05) is 24.4 Å². The molecule has 0 N–H and O–H groups in total. The van der Waals surface area contributed by atoms with Crippen molar-refractivity contribution in [1.29, 1.82) is 0 Å². The van der Waals surface area contributed by atoms with Gasteiger partial charge in [0.05, 0.1) is 5.92 Å². The fourth-order valence-electron chi connectivity index (χ4n) is 2.90. The monoisotopic (exact) mass is 249 g/mol. The van der Waals surface area contributed by atoms with Crippen LogP contribution in [0.4, 0.5) is 0 Å². The molecule has 5 nitrogen and oxygen atoms in total. The van der Waals surface area contributed by atoms with Crippen LogP contribution in [0.15, 0.2) is 4.52 Å². The summed E-state index contributed by atoms with van der Waals surface area (Å²) in [6, 6.07) is 0. The number of aryl methyl sites for hydroxylation is 1. The van der Waals surface area contributed by atoms with Crippen LogP contribution in [-0.2, 0) is 4.79 Å². The molecule has 3 rings (SSSR count). The summed E-state index contributed by atoms with van der Waals surface area (Å²) in [5, 5.41) is 3.79. The van der Waals surface area contributed by atoms with E-state index in [-0.39, 0.29) is 11.8 Å². The fourth-order valence-corrected chi connectivity index (χ4v) is 2.90. The van der Waals surface area contributed by atoms with Gasteiger partial charge >= 0.3 is 0 Å². The number of aromatic nitrogens is 2. The Kier molecular flexibility index (Phi) is 3.06. The van der Waals surface area contributed by atoms with E-state index in [9.17, 15) is 4.79 Å². The molecule has 0 unspecified atom stereocenters. The molecule has 2 fully saturated rings. The number of carbonyl (C=O) groups excluding carboxylic acids is 1. The first-order valence-corrected chi connectivity index (χ1v) is 6.83. The van der Waals surface area contributed by atoms with Crippen LogP contribution in [0.5, 0.6) is 0 Å². The highest BCUT2D eigenvalue weighted by Crippen LogP contribution is 2.31. The second kappa shape index (κ2) is 4.71. The van der Waals surface area contributed by atoms with Gasteiger partial charge in [-0.3, -0.25) is 4.79 Å². The summed E-state index contributed by atoms with van der Waals surface area (Å²) in [4.78, 5) is 18.4. The third-order valence-corrected chi connectivity index (χ3v) is 4.04. The number of nitrogens with zero attached hydrogens (tertiary/aromatic N) is 3. The zero-order valence-corrected chi connectivity index (χ0v) is 10.8. The van der Waals surface area contributed by atoms with Crippen molar-refractivity contribution in [2.24, 2.45) is 5.92 Å². The third kappa shape index (κ3) is 2.13. The van der Waals surface area contributed by atoms with E-state index in [0.29, 0.717) is 17.6 Å². The molecule has 1 aliphatic heterocycles. The molecule has 1 aromatic rings. The minimum Gasteiger partial charge on any atom is -0.341 e. The van der Waals surface area contributed by atoms with Gasteiger partial charge in [-0.2, -0.15) is 4.98 Å². The third-order valence-electron chi connectivity index (χ3n) is 4.04. The van der Waals surface area contributed by atoms with Gasteiger partial charge in [0.1, 0.15) is 0 Å². The maximum Gasteiger partial charge on any atom is 0.233 e. The molecule has 0 atom stereocenters. The Bertz CT molecular complexity index is 431. The summed E-state index contributed by atoms with van der Waals surface area (Å²) in [5.74, 6) is 2.20. The highest BCUT2D eigenvalue weighted by Gasteiger charge is 2.38. The molecule has 1 amide bonds. The molecule has 2 aliphatic rings. The molecule has 98 valence electrons. The standard InChI is InChI=1S/C13H19N3O2/c1-9-14-12(18-15-9)11-7-16(8-11)13(17)10-5-3-2-4-6-10/h10-11H,2-8H2,1H3. The molecule has 0 radical (unpaired) electrons. The second-order valence-corrected chi connectivity index (χ2v) is 5.45. The SMILES string of the molecule is Cc1noc(C2CN(C(=O)C3CCCCC3)C2)n1. The van der Waals surface area contributed by atoms with Gasteiger partial charge in [0.2, 0.25) is 11.8 Å². The Morgan fingerprint density at radius 1 is 1.28 bits per heavy atom. The van der Waals surface area contributed by atoms with Crippen LogP contribution in [0.3, 0.4) is 0 Å². The van der Waals surface area contributed by atoms with Crippen LogP contribution in [0.1, 0.15) is 49.7 Å². The minimum atomic E-state index is 0.249. The van der Waals surface area contributed by atoms with Gasteiger partial charge in [0, 0.05) is 19.0 Å². The van der Waals surface area contributed by atoms with Crippen LogP contribution in [0.25, 0.3) is 0 Å². The second-order valence-electron chi connectivity index (χ2n) is 5.45. The zero-order chi connectivity index (χ0) is 12.5.